The highest BCUT2D eigenvalue weighted by Crippen LogP contribution is 2.26. The van der Waals surface area contributed by atoms with Crippen LogP contribution in [0.1, 0.15) is 34.5 Å². The summed E-state index contributed by atoms with van der Waals surface area (Å²) in [5.41, 5.74) is 0. The standard InChI is InChI=1S/C11H18F2N2.C2H6.H2/c1-3-4-6-15(2)7-5-10-8-11(12,13)9-14-10;1-2;/h1,10,14H,4-9H2,2H3;1-2H3;1H. The highest BCUT2D eigenvalue weighted by atomic mass is 19.3. The summed E-state index contributed by atoms with van der Waals surface area (Å²) in [5, 5.41) is 2.84. The second kappa shape index (κ2) is 8.43. The van der Waals surface area contributed by atoms with Crippen molar-refractivity contribution < 1.29 is 10.2 Å². The fourth-order valence-corrected chi connectivity index (χ4v) is 1.75. The van der Waals surface area contributed by atoms with Crippen LogP contribution in [0.4, 0.5) is 8.78 Å². The molecular weight excluding hydrogens is 222 g/mol. The first-order valence-corrected chi connectivity index (χ1v) is 6.27. The average Bonchev–Trinajstić information content (AvgIpc) is 2.66. The minimum Gasteiger partial charge on any atom is -0.308 e. The van der Waals surface area contributed by atoms with E-state index >= 15 is 0 Å². The molecule has 1 saturated heterocycles. The van der Waals surface area contributed by atoms with Gasteiger partial charge in [0.05, 0.1) is 6.54 Å². The van der Waals surface area contributed by atoms with Crippen LogP contribution in [0.3, 0.4) is 0 Å². The summed E-state index contributed by atoms with van der Waals surface area (Å²) in [6.07, 6.45) is 6.58. The molecule has 1 N–H and O–H groups in total. The third kappa shape index (κ3) is 7.30. The van der Waals surface area contributed by atoms with E-state index in [1.807, 2.05) is 20.9 Å². The lowest BCUT2D eigenvalue weighted by atomic mass is 10.1. The van der Waals surface area contributed by atoms with E-state index in [2.05, 4.69) is 16.1 Å². The molecule has 4 heteroatoms. The molecule has 1 aliphatic rings. The number of hydrogen-bond acceptors (Lipinski definition) is 2. The van der Waals surface area contributed by atoms with E-state index in [4.69, 9.17) is 6.42 Å². The summed E-state index contributed by atoms with van der Waals surface area (Å²) in [4.78, 5) is 2.08. The van der Waals surface area contributed by atoms with Crippen LogP contribution in [0.2, 0.25) is 0 Å². The Hall–Kier alpha value is -0.660. The molecule has 1 fully saturated rings. The Balaban J connectivity index is 0. The second-order valence-electron chi connectivity index (χ2n) is 4.18. The van der Waals surface area contributed by atoms with Crippen molar-refractivity contribution in [1.82, 2.24) is 10.2 Å². The maximum Gasteiger partial charge on any atom is 0.261 e. The highest BCUT2D eigenvalue weighted by molar-refractivity contribution is 4.88. The van der Waals surface area contributed by atoms with E-state index in [1.165, 1.54) is 0 Å². The van der Waals surface area contributed by atoms with Crippen molar-refractivity contribution in [2.45, 2.75) is 45.1 Å². The average molecular weight is 248 g/mol. The van der Waals surface area contributed by atoms with Crippen molar-refractivity contribution in [2.24, 2.45) is 0 Å². The maximum absolute atomic E-state index is 12.8. The zero-order valence-electron chi connectivity index (χ0n) is 11.1. The van der Waals surface area contributed by atoms with Gasteiger partial charge < -0.3 is 10.2 Å². The molecule has 2 nitrogen and oxygen atoms in total. The Kier molecular flexibility index (Phi) is 8.11. The molecule has 1 heterocycles. The molecule has 0 aliphatic carbocycles. The molecule has 0 aromatic rings. The van der Waals surface area contributed by atoms with Gasteiger partial charge in [0, 0.05) is 26.9 Å². The van der Waals surface area contributed by atoms with Crippen LogP contribution in [-0.4, -0.2) is 43.5 Å². The van der Waals surface area contributed by atoms with Crippen molar-refractivity contribution in [2.75, 3.05) is 26.7 Å². The molecular formula is C13H26F2N2. The Bertz CT molecular complexity index is 242. The molecule has 0 radical (unpaired) electrons. The number of halogens is 2. The molecule has 0 spiro atoms. The molecule has 1 aliphatic heterocycles. The summed E-state index contributed by atoms with van der Waals surface area (Å²) >= 11 is 0. The zero-order chi connectivity index (χ0) is 13.3. The highest BCUT2D eigenvalue weighted by Gasteiger charge is 2.38. The predicted octanol–water partition coefficient (Wildman–Crippen LogP) is 2.60. The van der Waals surface area contributed by atoms with Gasteiger partial charge in [0.25, 0.3) is 5.92 Å². The Morgan fingerprint density at radius 2 is 2.12 bits per heavy atom. The van der Waals surface area contributed by atoms with Gasteiger partial charge in [-0.15, -0.1) is 12.3 Å². The Morgan fingerprint density at radius 1 is 1.47 bits per heavy atom. The number of hydrogen-bond donors (Lipinski definition) is 1. The molecule has 102 valence electrons. The molecule has 0 saturated carbocycles. The second-order valence-corrected chi connectivity index (χ2v) is 4.18. The largest absolute Gasteiger partial charge is 0.308 e. The number of rotatable bonds is 5. The van der Waals surface area contributed by atoms with E-state index in [0.29, 0.717) is 6.42 Å². The van der Waals surface area contributed by atoms with Gasteiger partial charge in [-0.2, -0.15) is 0 Å². The van der Waals surface area contributed by atoms with E-state index in [-0.39, 0.29) is 20.4 Å². The van der Waals surface area contributed by atoms with Gasteiger partial charge in [0.2, 0.25) is 0 Å². The number of alkyl halides is 2. The van der Waals surface area contributed by atoms with Gasteiger partial charge in [0.15, 0.2) is 0 Å². The molecule has 1 rings (SSSR count). The van der Waals surface area contributed by atoms with Crippen LogP contribution in [0.15, 0.2) is 0 Å². The van der Waals surface area contributed by atoms with Crippen LogP contribution in [-0.2, 0) is 0 Å². The normalized spacial score (nSPS) is 21.8. The van der Waals surface area contributed by atoms with Crippen molar-refractivity contribution in [3.8, 4) is 12.3 Å². The van der Waals surface area contributed by atoms with Crippen molar-refractivity contribution in [3.63, 3.8) is 0 Å². The van der Waals surface area contributed by atoms with Gasteiger partial charge in [-0.05, 0) is 20.0 Å². The maximum atomic E-state index is 12.8. The van der Waals surface area contributed by atoms with Crippen LogP contribution in [0.25, 0.3) is 0 Å². The van der Waals surface area contributed by atoms with Crippen molar-refractivity contribution in [1.29, 1.82) is 0 Å². The summed E-state index contributed by atoms with van der Waals surface area (Å²) in [7, 11) is 1.96. The van der Waals surface area contributed by atoms with E-state index in [0.717, 1.165) is 19.5 Å². The van der Waals surface area contributed by atoms with Gasteiger partial charge >= 0.3 is 0 Å². The van der Waals surface area contributed by atoms with Crippen molar-refractivity contribution in [3.05, 3.63) is 0 Å². The SMILES string of the molecule is C#CCCN(C)CCC1CC(F)(F)CN1.CC.[HH]. The van der Waals surface area contributed by atoms with Crippen molar-refractivity contribution >= 4 is 0 Å². The van der Waals surface area contributed by atoms with Gasteiger partial charge in [-0.25, -0.2) is 8.78 Å². The fourth-order valence-electron chi connectivity index (χ4n) is 1.75. The monoisotopic (exact) mass is 248 g/mol. The summed E-state index contributed by atoms with van der Waals surface area (Å²) < 4.78 is 25.6. The molecule has 1 unspecified atom stereocenters. The number of nitrogens with zero attached hydrogens (tertiary/aromatic N) is 1. The summed E-state index contributed by atoms with van der Waals surface area (Å²) in [6, 6.07) is -0.0479. The smallest absolute Gasteiger partial charge is 0.261 e. The van der Waals surface area contributed by atoms with Crippen LogP contribution in [0.5, 0.6) is 0 Å². The van der Waals surface area contributed by atoms with Gasteiger partial charge in [0.1, 0.15) is 0 Å². The molecule has 0 aromatic heterocycles. The number of nitrogens with one attached hydrogen (secondary N) is 1. The summed E-state index contributed by atoms with van der Waals surface area (Å²) in [5.74, 6) is 0.0505. The van der Waals surface area contributed by atoms with E-state index < -0.39 is 5.92 Å². The first-order chi connectivity index (χ1) is 8.03. The molecule has 1 atom stereocenters. The molecule has 17 heavy (non-hydrogen) atoms. The van der Waals surface area contributed by atoms with Gasteiger partial charge in [-0.3, -0.25) is 0 Å². The summed E-state index contributed by atoms with van der Waals surface area (Å²) in [6.45, 7) is 5.47. The predicted molar refractivity (Wildman–Crippen MR) is 70.4 cm³/mol. The van der Waals surface area contributed by atoms with Gasteiger partial charge in [-0.1, -0.05) is 13.8 Å². The topological polar surface area (TPSA) is 15.3 Å². The van der Waals surface area contributed by atoms with E-state index in [1.54, 1.807) is 0 Å². The third-order valence-corrected chi connectivity index (χ3v) is 2.69. The lowest BCUT2D eigenvalue weighted by Crippen LogP contribution is -2.28. The van der Waals surface area contributed by atoms with E-state index in [9.17, 15) is 8.78 Å². The van der Waals surface area contributed by atoms with Crippen LogP contribution in [0, 0.1) is 12.3 Å². The molecule has 0 amide bonds. The Morgan fingerprint density at radius 3 is 2.59 bits per heavy atom. The van der Waals surface area contributed by atoms with Crippen LogP contribution >= 0.6 is 0 Å². The minimum absolute atomic E-state index is 0. The zero-order valence-corrected chi connectivity index (χ0v) is 11.1. The minimum atomic E-state index is -2.51. The quantitative estimate of drug-likeness (QED) is 0.752. The lowest BCUT2D eigenvalue weighted by molar-refractivity contribution is 0.0206. The third-order valence-electron chi connectivity index (χ3n) is 2.69. The first kappa shape index (κ1) is 16.3. The Labute approximate surface area is 105 Å². The molecule has 0 aromatic carbocycles. The molecule has 0 bridgehead atoms. The van der Waals surface area contributed by atoms with Crippen LogP contribution < -0.4 is 5.32 Å². The number of terminal acetylenes is 1. The lowest BCUT2D eigenvalue weighted by Gasteiger charge is -2.17. The fraction of sp³-hybridized carbons (Fsp3) is 0.846. The first-order valence-electron chi connectivity index (χ1n) is 6.27.